The summed E-state index contributed by atoms with van der Waals surface area (Å²) in [5, 5.41) is 18.2. The van der Waals surface area contributed by atoms with Crippen LogP contribution in [0.3, 0.4) is 0 Å². The summed E-state index contributed by atoms with van der Waals surface area (Å²) < 4.78 is 134. The molecule has 2 aliphatic heterocycles. The summed E-state index contributed by atoms with van der Waals surface area (Å²) in [6.07, 6.45) is -9.87. The number of thiophene rings is 2. The number of fused-ring (bicyclic) bond motifs is 2. The third-order valence-electron chi connectivity index (χ3n) is 11.1. The van der Waals surface area contributed by atoms with Gasteiger partial charge in [-0.2, -0.15) is 0 Å². The number of primary sulfonamides is 1. The van der Waals surface area contributed by atoms with Crippen molar-refractivity contribution >= 4 is 116 Å². The monoisotopic (exact) mass is 1270 g/mol. The number of carbonyl (C=O) groups is 9. The summed E-state index contributed by atoms with van der Waals surface area (Å²) in [7, 11) is -15.7. The zero-order valence-electron chi connectivity index (χ0n) is 45.6. The Morgan fingerprint density at radius 1 is 0.568 bits per heavy atom. The highest BCUT2D eigenvalue weighted by Gasteiger charge is 2.42. The number of rotatable bonds is 21. The molecule has 2 aromatic heterocycles. The van der Waals surface area contributed by atoms with Crippen LogP contribution in [0.5, 0.6) is 0 Å². The van der Waals surface area contributed by atoms with Gasteiger partial charge < -0.3 is 48.9 Å². The highest BCUT2D eigenvalue weighted by Crippen LogP contribution is 2.44. The summed E-state index contributed by atoms with van der Waals surface area (Å²) in [5.74, 6) is -9.72. The highest BCUT2D eigenvalue weighted by molar-refractivity contribution is 7.96. The molecule has 2 aliphatic rings. The van der Waals surface area contributed by atoms with Crippen LogP contribution in [0.4, 0.5) is 0 Å². The number of nitrogens with two attached hydrogens (primary N) is 1. The van der Waals surface area contributed by atoms with Gasteiger partial charge in [-0.25, -0.2) is 72.3 Å². The molecule has 4 rings (SSSR count). The van der Waals surface area contributed by atoms with Crippen molar-refractivity contribution in [3.05, 3.63) is 23.3 Å². The predicted molar refractivity (Wildman–Crippen MR) is 285 cm³/mol. The van der Waals surface area contributed by atoms with Crippen LogP contribution in [0.1, 0.15) is 133 Å². The van der Waals surface area contributed by atoms with Gasteiger partial charge in [-0.15, -0.1) is 22.7 Å². The molecule has 0 radical (unpaired) electrons. The van der Waals surface area contributed by atoms with E-state index in [2.05, 4.69) is 20.1 Å². The van der Waals surface area contributed by atoms with E-state index in [-0.39, 0.29) is 38.1 Å². The minimum atomic E-state index is -4.60. The Bertz CT molecular complexity index is 3100. The molecule has 0 saturated carbocycles. The van der Waals surface area contributed by atoms with Gasteiger partial charge in [0.15, 0.2) is 62.4 Å². The van der Waals surface area contributed by atoms with Gasteiger partial charge in [0.05, 0.1) is 10.5 Å². The van der Waals surface area contributed by atoms with Crippen LogP contribution in [0.2, 0.25) is 0 Å². The fourth-order valence-electron chi connectivity index (χ4n) is 6.81. The van der Waals surface area contributed by atoms with Crippen molar-refractivity contribution in [3.63, 3.8) is 0 Å². The van der Waals surface area contributed by atoms with E-state index >= 15 is 0 Å². The molecule has 0 aliphatic carbocycles. The van der Waals surface area contributed by atoms with Crippen molar-refractivity contribution in [2.24, 2.45) is 5.14 Å². The molecular weight excluding hydrogens is 1200 g/mol. The minimum absolute atomic E-state index is 0. The number of hydrogen-bond acceptors (Lipinski definition) is 28. The van der Waals surface area contributed by atoms with Gasteiger partial charge in [-0.05, 0) is 100 Å². The fourth-order valence-corrected chi connectivity index (χ4v) is 16.3. The fraction of sp³-hybridized carbons (Fsp3) is 0.630. The standard InChI is InChI=1S/C30H42N2O17S3.C10H16N2O4S3.C5H8O4.CH4/c1-10-31-22-11-13(2)51(40,41)30-21(22)12-23(50-30)52(42,43)32-24(34)14(3)45-26(36)16(5)47-28(38)18(7)49-29(39)19(8)48-27(37)17(6)46-25(35)15(4)44-20(9)33;1-3-12-8-4-6(2)18(13,14)10-7(8)5-9(17-10)19(11,15)16;1-3(5(7)8)9-4(2)6;/h12-19,22,31H,10-11H2,1-9H3,(H,32,34);5-6,8,12H,3-4H2,1-2H3,(H2,11,15,16);3H,1-2H3,(H,7,8);1H4/t13-,14-,15-,16-,17-,18-,19-,22-;6-,8-;3-;/m000./s1. The molecule has 0 fully saturated rings. The van der Waals surface area contributed by atoms with Crippen LogP contribution in [0.15, 0.2) is 29.0 Å². The van der Waals surface area contributed by atoms with E-state index in [9.17, 15) is 76.8 Å². The van der Waals surface area contributed by atoms with Crippen LogP contribution in [-0.4, -0.2) is 159 Å². The number of sulfonamides is 2. The van der Waals surface area contributed by atoms with Gasteiger partial charge in [0.2, 0.25) is 10.0 Å². The minimum Gasteiger partial charge on any atom is -0.479 e. The van der Waals surface area contributed by atoms with Crippen molar-refractivity contribution in [2.45, 2.75) is 192 Å². The summed E-state index contributed by atoms with van der Waals surface area (Å²) in [6.45, 7) is 18.2. The van der Waals surface area contributed by atoms with Crippen molar-refractivity contribution in [1.82, 2.24) is 15.4 Å². The molecule has 6 N–H and O–H groups in total. The van der Waals surface area contributed by atoms with Gasteiger partial charge in [-0.3, -0.25) is 14.4 Å². The topological polar surface area (TPSA) is 437 Å². The summed E-state index contributed by atoms with van der Waals surface area (Å²) >= 11 is 1.23. The third kappa shape index (κ3) is 20.6. The molecule has 0 bridgehead atoms. The molecule has 1 amide bonds. The van der Waals surface area contributed by atoms with Crippen LogP contribution in [0.25, 0.3) is 0 Å². The van der Waals surface area contributed by atoms with Crippen LogP contribution >= 0.6 is 22.7 Å². The largest absolute Gasteiger partial charge is 0.479 e. The highest BCUT2D eigenvalue weighted by atomic mass is 32.3. The molecule has 460 valence electrons. The van der Waals surface area contributed by atoms with Gasteiger partial charge in [0.1, 0.15) is 16.8 Å². The number of nitrogens with one attached hydrogen (secondary N) is 3. The molecule has 0 aromatic carbocycles. The number of amides is 1. The second-order valence-electron chi connectivity index (χ2n) is 17.8. The molecule has 2 aromatic rings. The normalized spacial score (nSPS) is 20.2. The number of hydrogen-bond donors (Lipinski definition) is 5. The smallest absolute Gasteiger partial charge is 0.347 e. The molecule has 0 spiro atoms. The average Bonchev–Trinajstić information content (AvgIpc) is 4.16. The van der Waals surface area contributed by atoms with E-state index in [0.29, 0.717) is 36.4 Å². The van der Waals surface area contributed by atoms with Gasteiger partial charge >= 0.3 is 47.8 Å². The first-order valence-corrected chi connectivity index (χ1v) is 31.8. The number of carbonyl (C=O) groups excluding carboxylic acids is 8. The van der Waals surface area contributed by atoms with Gasteiger partial charge in [0.25, 0.3) is 15.9 Å². The first kappa shape index (κ1) is 73.3. The Labute approximate surface area is 477 Å². The van der Waals surface area contributed by atoms with E-state index in [1.54, 1.807) is 11.6 Å². The number of sulfone groups is 2. The molecule has 35 heteroatoms. The summed E-state index contributed by atoms with van der Waals surface area (Å²) in [4.78, 5) is 105. The number of esters is 7. The second kappa shape index (κ2) is 30.6. The van der Waals surface area contributed by atoms with Crippen molar-refractivity contribution in [1.29, 1.82) is 0 Å². The third-order valence-corrected chi connectivity index (χ3v) is 22.1. The Balaban J connectivity index is 0.000000916. The zero-order chi connectivity index (χ0) is 61.7. The summed E-state index contributed by atoms with van der Waals surface area (Å²) in [5.41, 5.74) is 0.790. The number of carboxylic acids is 1. The Hall–Kier alpha value is -5.69. The van der Waals surface area contributed by atoms with Crippen LogP contribution in [-0.2, 0) is 116 Å². The van der Waals surface area contributed by atoms with E-state index in [1.807, 2.05) is 13.8 Å². The molecule has 29 nitrogen and oxygen atoms in total. The second-order valence-corrected chi connectivity index (χ2v) is 28.7. The molecule has 4 heterocycles. The maximum Gasteiger partial charge on any atom is 0.347 e. The van der Waals surface area contributed by atoms with Crippen LogP contribution < -0.4 is 20.5 Å². The molecule has 0 unspecified atom stereocenters. The predicted octanol–water partition coefficient (Wildman–Crippen LogP) is 1.65. The van der Waals surface area contributed by atoms with Crippen LogP contribution in [0, 0.1) is 0 Å². The lowest BCUT2D eigenvalue weighted by atomic mass is 10.1. The Morgan fingerprint density at radius 3 is 1.16 bits per heavy atom. The molecule has 81 heavy (non-hydrogen) atoms. The van der Waals surface area contributed by atoms with Gasteiger partial charge in [0, 0.05) is 37.1 Å². The maximum absolute atomic E-state index is 13.0. The van der Waals surface area contributed by atoms with E-state index in [4.69, 9.17) is 33.9 Å². The number of aliphatic carboxylic acids is 1. The summed E-state index contributed by atoms with van der Waals surface area (Å²) in [6, 6.07) is 1.98. The van der Waals surface area contributed by atoms with Crippen molar-refractivity contribution < 1.29 is 115 Å². The lowest BCUT2D eigenvalue weighted by Gasteiger charge is -2.27. The first-order valence-electron chi connectivity index (χ1n) is 24.0. The quantitative estimate of drug-likeness (QED) is 0.0876. The van der Waals surface area contributed by atoms with E-state index < -0.39 is 157 Å². The Morgan fingerprint density at radius 2 is 0.864 bits per heavy atom. The molecular formula is C46H70N4O25S6. The Kier molecular flexibility index (Phi) is 27.7. The number of carboxylic acid groups (broad SMARTS) is 1. The average molecular weight is 1270 g/mol. The van der Waals surface area contributed by atoms with Gasteiger partial charge in [-0.1, -0.05) is 21.3 Å². The molecule has 0 saturated heterocycles. The van der Waals surface area contributed by atoms with E-state index in [1.165, 1.54) is 39.8 Å². The lowest BCUT2D eigenvalue weighted by Crippen LogP contribution is -2.41. The lowest BCUT2D eigenvalue weighted by molar-refractivity contribution is -0.187. The molecule has 11 atom stereocenters. The first-order chi connectivity index (χ1) is 36.6. The SMILES string of the molecule is C.CC(=O)O[C@@H](C)C(=O)O.CCN[C@H]1C[C@H](C)S(=O)(=O)c2sc(S(=O)(=O)NC(=O)[C@H](C)OC(=O)[C@H](C)OC(=O)[C@H](C)OC(=O)[C@H](C)OC(=O)[C@H](C)OC(=O)[C@H](C)OC(C)=O)cc21.CCN[C@H]1C[C@H](C)S(=O)(=O)c2sc(S(N)(=O)=O)cc21. The maximum atomic E-state index is 13.0. The zero-order valence-corrected chi connectivity index (χ0v) is 50.5. The number of ether oxygens (including phenoxy) is 7. The van der Waals surface area contributed by atoms with E-state index in [0.717, 1.165) is 52.9 Å². The van der Waals surface area contributed by atoms with Crippen molar-refractivity contribution in [2.75, 3.05) is 13.1 Å². The van der Waals surface area contributed by atoms with Crippen molar-refractivity contribution in [3.8, 4) is 0 Å².